The Morgan fingerprint density at radius 2 is 1.81 bits per heavy atom. The maximum Gasteiger partial charge on any atom is 0.341 e. The molecule has 1 atom stereocenters. The van der Waals surface area contributed by atoms with E-state index >= 15 is 0 Å². The summed E-state index contributed by atoms with van der Waals surface area (Å²) in [6, 6.07) is 9.40. The highest BCUT2D eigenvalue weighted by Crippen LogP contribution is 2.30. The molecule has 0 amide bonds. The van der Waals surface area contributed by atoms with Crippen molar-refractivity contribution < 1.29 is 33.6 Å². The first kappa shape index (κ1) is 19.5. The first-order valence-electron chi connectivity index (χ1n) is 7.97. The summed E-state index contributed by atoms with van der Waals surface area (Å²) in [5.41, 5.74) is 1.40. The standard InChI is InChI=1S/C19H21FO6/c1-24-16-8-4-12(9-18(16)25-2)3-7-15(21)13-5-6-14(20)17(10-13)26-11-19(22)23/h4-6,8-10,15,21H,3,7,11H2,1-2H3,(H,22,23)/t15-/m1/s1. The molecule has 2 N–H and O–H groups in total. The van der Waals surface area contributed by atoms with Crippen molar-refractivity contribution in [2.24, 2.45) is 0 Å². The number of aliphatic carboxylic acids is 1. The molecule has 2 aromatic rings. The van der Waals surface area contributed by atoms with E-state index < -0.39 is 24.5 Å². The summed E-state index contributed by atoms with van der Waals surface area (Å²) in [6.07, 6.45) is 0.0971. The zero-order valence-corrected chi connectivity index (χ0v) is 14.6. The molecule has 0 heterocycles. The molecule has 0 saturated carbocycles. The number of carboxylic acid groups (broad SMARTS) is 1. The number of carboxylic acids is 1. The van der Waals surface area contributed by atoms with Gasteiger partial charge in [0.1, 0.15) is 0 Å². The zero-order valence-electron chi connectivity index (χ0n) is 14.6. The van der Waals surface area contributed by atoms with Gasteiger partial charge in [-0.05, 0) is 48.2 Å². The molecule has 0 aromatic heterocycles. The van der Waals surface area contributed by atoms with Gasteiger partial charge >= 0.3 is 5.97 Å². The number of hydrogen-bond donors (Lipinski definition) is 2. The smallest absolute Gasteiger partial charge is 0.341 e. The van der Waals surface area contributed by atoms with Crippen LogP contribution < -0.4 is 14.2 Å². The van der Waals surface area contributed by atoms with E-state index in [1.165, 1.54) is 12.1 Å². The van der Waals surface area contributed by atoms with E-state index in [0.717, 1.165) is 11.6 Å². The Labute approximate surface area is 150 Å². The molecule has 0 bridgehead atoms. The lowest BCUT2D eigenvalue weighted by Crippen LogP contribution is -2.11. The van der Waals surface area contributed by atoms with Gasteiger partial charge in [0.05, 0.1) is 20.3 Å². The summed E-state index contributed by atoms with van der Waals surface area (Å²) in [5, 5.41) is 19.0. The molecule has 2 aromatic carbocycles. The van der Waals surface area contributed by atoms with E-state index in [4.69, 9.17) is 19.3 Å². The third kappa shape index (κ3) is 5.10. The summed E-state index contributed by atoms with van der Waals surface area (Å²) < 4.78 is 29.0. The first-order valence-corrected chi connectivity index (χ1v) is 7.97. The van der Waals surface area contributed by atoms with Crippen LogP contribution in [0.15, 0.2) is 36.4 Å². The average molecular weight is 364 g/mol. The van der Waals surface area contributed by atoms with Crippen molar-refractivity contribution in [3.63, 3.8) is 0 Å². The van der Waals surface area contributed by atoms with Crippen LogP contribution in [0.1, 0.15) is 23.7 Å². The van der Waals surface area contributed by atoms with Gasteiger partial charge in [-0.15, -0.1) is 0 Å². The molecular formula is C19H21FO6. The number of aryl methyl sites for hydroxylation is 1. The monoisotopic (exact) mass is 364 g/mol. The van der Waals surface area contributed by atoms with Crippen LogP contribution in [0.2, 0.25) is 0 Å². The number of halogens is 1. The summed E-state index contributed by atoms with van der Waals surface area (Å²) in [4.78, 5) is 10.5. The second kappa shape index (κ2) is 9.05. The van der Waals surface area contributed by atoms with Crippen molar-refractivity contribution in [2.75, 3.05) is 20.8 Å². The van der Waals surface area contributed by atoms with Crippen molar-refractivity contribution in [3.8, 4) is 17.2 Å². The number of methoxy groups -OCH3 is 2. The summed E-state index contributed by atoms with van der Waals surface area (Å²) in [5.74, 6) is -0.859. The third-order valence-electron chi connectivity index (χ3n) is 3.85. The highest BCUT2D eigenvalue weighted by atomic mass is 19.1. The quantitative estimate of drug-likeness (QED) is 0.712. The highest BCUT2D eigenvalue weighted by Gasteiger charge is 2.14. The summed E-state index contributed by atoms with van der Waals surface area (Å²) in [7, 11) is 3.10. The lowest BCUT2D eigenvalue weighted by molar-refractivity contribution is -0.139. The lowest BCUT2D eigenvalue weighted by Gasteiger charge is -2.14. The van der Waals surface area contributed by atoms with Gasteiger partial charge in [-0.3, -0.25) is 0 Å². The fraction of sp³-hybridized carbons (Fsp3) is 0.316. The molecular weight excluding hydrogens is 343 g/mol. The molecule has 0 spiro atoms. The van der Waals surface area contributed by atoms with Crippen LogP contribution in [0.25, 0.3) is 0 Å². The van der Waals surface area contributed by atoms with Gasteiger partial charge in [-0.1, -0.05) is 12.1 Å². The summed E-state index contributed by atoms with van der Waals surface area (Å²) >= 11 is 0. The van der Waals surface area contributed by atoms with Crippen molar-refractivity contribution in [3.05, 3.63) is 53.3 Å². The number of rotatable bonds is 9. The van der Waals surface area contributed by atoms with Crippen molar-refractivity contribution in [2.45, 2.75) is 18.9 Å². The maximum atomic E-state index is 13.7. The molecule has 0 aliphatic rings. The van der Waals surface area contributed by atoms with E-state index in [9.17, 15) is 14.3 Å². The number of hydrogen-bond acceptors (Lipinski definition) is 5. The number of benzene rings is 2. The number of aliphatic hydroxyl groups is 1. The van der Waals surface area contributed by atoms with Crippen LogP contribution in [0.4, 0.5) is 4.39 Å². The number of aliphatic hydroxyl groups excluding tert-OH is 1. The van der Waals surface area contributed by atoms with E-state index in [0.29, 0.717) is 29.9 Å². The van der Waals surface area contributed by atoms with Gasteiger partial charge in [-0.2, -0.15) is 0 Å². The van der Waals surface area contributed by atoms with Crippen LogP contribution in [0, 0.1) is 5.82 Å². The van der Waals surface area contributed by atoms with E-state index in [2.05, 4.69) is 0 Å². The molecule has 0 radical (unpaired) electrons. The molecule has 0 fully saturated rings. The largest absolute Gasteiger partial charge is 0.493 e. The second-order valence-electron chi connectivity index (χ2n) is 5.62. The minimum atomic E-state index is -1.20. The van der Waals surface area contributed by atoms with E-state index in [-0.39, 0.29) is 5.75 Å². The average Bonchev–Trinajstić information content (AvgIpc) is 2.64. The van der Waals surface area contributed by atoms with Gasteiger partial charge in [0.25, 0.3) is 0 Å². The molecule has 0 unspecified atom stereocenters. The predicted octanol–water partition coefficient (Wildman–Crippen LogP) is 2.97. The fourth-order valence-corrected chi connectivity index (χ4v) is 2.48. The van der Waals surface area contributed by atoms with Crippen molar-refractivity contribution in [1.29, 1.82) is 0 Å². The number of ether oxygens (including phenoxy) is 3. The van der Waals surface area contributed by atoms with Gasteiger partial charge in [0.2, 0.25) is 0 Å². The fourth-order valence-electron chi connectivity index (χ4n) is 2.48. The molecule has 0 aliphatic heterocycles. The van der Waals surface area contributed by atoms with Crippen LogP contribution in [0.5, 0.6) is 17.2 Å². The first-order chi connectivity index (χ1) is 12.4. The van der Waals surface area contributed by atoms with Crippen LogP contribution in [-0.2, 0) is 11.2 Å². The predicted molar refractivity (Wildman–Crippen MR) is 92.4 cm³/mol. The molecule has 2 rings (SSSR count). The molecule has 6 nitrogen and oxygen atoms in total. The Morgan fingerprint density at radius 1 is 1.08 bits per heavy atom. The minimum Gasteiger partial charge on any atom is -0.493 e. The zero-order chi connectivity index (χ0) is 19.1. The summed E-state index contributed by atoms with van der Waals surface area (Å²) in [6.45, 7) is -0.651. The molecule has 7 heteroatoms. The van der Waals surface area contributed by atoms with Gasteiger partial charge in [-0.25, -0.2) is 9.18 Å². The van der Waals surface area contributed by atoms with E-state index in [1.807, 2.05) is 12.1 Å². The molecule has 0 saturated heterocycles. The highest BCUT2D eigenvalue weighted by molar-refractivity contribution is 5.68. The molecule has 0 aliphatic carbocycles. The topological polar surface area (TPSA) is 85.2 Å². The van der Waals surface area contributed by atoms with Crippen molar-refractivity contribution in [1.82, 2.24) is 0 Å². The van der Waals surface area contributed by atoms with Gasteiger partial charge in [0, 0.05) is 0 Å². The van der Waals surface area contributed by atoms with Crippen LogP contribution in [-0.4, -0.2) is 37.0 Å². The normalized spacial score (nSPS) is 11.7. The lowest BCUT2D eigenvalue weighted by atomic mass is 10.0. The molecule has 140 valence electrons. The Balaban J connectivity index is 2.04. The minimum absolute atomic E-state index is 0.199. The molecule has 26 heavy (non-hydrogen) atoms. The SMILES string of the molecule is COc1ccc(CC[C@@H](O)c2ccc(F)c(OCC(=O)O)c2)cc1OC. The maximum absolute atomic E-state index is 13.7. The third-order valence-corrected chi connectivity index (χ3v) is 3.85. The van der Waals surface area contributed by atoms with E-state index in [1.54, 1.807) is 20.3 Å². The van der Waals surface area contributed by atoms with Crippen LogP contribution in [0.3, 0.4) is 0 Å². The Kier molecular flexibility index (Phi) is 6.80. The Hall–Kier alpha value is -2.80. The number of carbonyl (C=O) groups is 1. The Morgan fingerprint density at radius 3 is 2.46 bits per heavy atom. The second-order valence-corrected chi connectivity index (χ2v) is 5.62. The van der Waals surface area contributed by atoms with Gasteiger partial charge in [0.15, 0.2) is 29.7 Å². The van der Waals surface area contributed by atoms with Crippen molar-refractivity contribution >= 4 is 5.97 Å². The Bertz CT molecular complexity index is 762. The van der Waals surface area contributed by atoms with Crippen LogP contribution >= 0.6 is 0 Å². The van der Waals surface area contributed by atoms with Gasteiger partial charge < -0.3 is 24.4 Å².